The van der Waals surface area contributed by atoms with E-state index in [2.05, 4.69) is 17.1 Å². The van der Waals surface area contributed by atoms with E-state index >= 15 is 0 Å². The van der Waals surface area contributed by atoms with Gasteiger partial charge in [0.05, 0.1) is 5.60 Å². The minimum Gasteiger partial charge on any atom is -0.389 e. The van der Waals surface area contributed by atoms with Crippen molar-refractivity contribution in [1.29, 1.82) is 0 Å². The molecule has 1 aliphatic rings. The number of aliphatic hydroxyl groups is 1. The van der Waals surface area contributed by atoms with Gasteiger partial charge in [0.2, 0.25) is 0 Å². The third-order valence-electron chi connectivity index (χ3n) is 3.13. The molecule has 96 valence electrons. The molecule has 1 heterocycles. The highest BCUT2D eigenvalue weighted by molar-refractivity contribution is 4.77. The van der Waals surface area contributed by atoms with Gasteiger partial charge in [-0.25, -0.2) is 0 Å². The van der Waals surface area contributed by atoms with Crippen LogP contribution in [0.4, 0.5) is 0 Å². The van der Waals surface area contributed by atoms with Crippen LogP contribution in [0.5, 0.6) is 0 Å². The zero-order chi connectivity index (χ0) is 12.0. The van der Waals surface area contributed by atoms with Gasteiger partial charge in [0.1, 0.15) is 0 Å². The lowest BCUT2D eigenvalue weighted by atomic mass is 9.96. The molecule has 0 radical (unpaired) electrons. The lowest BCUT2D eigenvalue weighted by Crippen LogP contribution is -2.43. The average Bonchev–Trinajstić information content (AvgIpc) is 2.17. The fourth-order valence-electron chi connectivity index (χ4n) is 2.53. The molecule has 0 saturated carbocycles. The van der Waals surface area contributed by atoms with E-state index in [1.807, 2.05) is 13.8 Å². The Morgan fingerprint density at radius 3 is 2.44 bits per heavy atom. The molecule has 0 aliphatic carbocycles. The van der Waals surface area contributed by atoms with E-state index < -0.39 is 5.60 Å². The minimum absolute atomic E-state index is 0.567. The van der Waals surface area contributed by atoms with E-state index in [1.54, 1.807) is 0 Å². The first-order chi connectivity index (χ1) is 7.51. The lowest BCUT2D eigenvalue weighted by Gasteiger charge is -2.33. The molecule has 0 unspecified atom stereocenters. The molecule has 1 fully saturated rings. The van der Waals surface area contributed by atoms with Gasteiger partial charge in [-0.3, -0.25) is 0 Å². The van der Waals surface area contributed by atoms with Crippen LogP contribution in [0.1, 0.15) is 40.0 Å². The second kappa shape index (κ2) is 6.58. The predicted octanol–water partition coefficient (Wildman–Crippen LogP) is 1.47. The van der Waals surface area contributed by atoms with Gasteiger partial charge in [-0.2, -0.15) is 0 Å². The van der Waals surface area contributed by atoms with Crippen molar-refractivity contribution in [3.05, 3.63) is 0 Å². The molecule has 1 saturated heterocycles. The molecule has 0 aromatic heterocycles. The number of hydrogen-bond acceptors (Lipinski definition) is 3. The van der Waals surface area contributed by atoms with Crippen molar-refractivity contribution < 1.29 is 5.11 Å². The van der Waals surface area contributed by atoms with Crippen LogP contribution in [0.3, 0.4) is 0 Å². The summed E-state index contributed by atoms with van der Waals surface area (Å²) in [4.78, 5) is 2.43. The Kier molecular flexibility index (Phi) is 5.73. The van der Waals surface area contributed by atoms with Gasteiger partial charge in [-0.1, -0.05) is 6.92 Å². The zero-order valence-electron chi connectivity index (χ0n) is 11.1. The second-order valence-corrected chi connectivity index (χ2v) is 5.74. The first-order valence-electron chi connectivity index (χ1n) is 6.66. The first kappa shape index (κ1) is 13.9. The van der Waals surface area contributed by atoms with Crippen molar-refractivity contribution in [2.75, 3.05) is 32.7 Å². The quantitative estimate of drug-likeness (QED) is 0.722. The van der Waals surface area contributed by atoms with Crippen LogP contribution in [0.2, 0.25) is 0 Å². The van der Waals surface area contributed by atoms with Crippen LogP contribution in [0.15, 0.2) is 0 Å². The van der Waals surface area contributed by atoms with Crippen molar-refractivity contribution in [2.45, 2.75) is 45.6 Å². The van der Waals surface area contributed by atoms with E-state index in [9.17, 15) is 5.11 Å². The zero-order valence-corrected chi connectivity index (χ0v) is 11.1. The van der Waals surface area contributed by atoms with Crippen molar-refractivity contribution >= 4 is 0 Å². The summed E-state index contributed by atoms with van der Waals surface area (Å²) < 4.78 is 0. The summed E-state index contributed by atoms with van der Waals surface area (Å²) >= 11 is 0. The van der Waals surface area contributed by atoms with E-state index in [0.717, 1.165) is 38.6 Å². The molecular formula is C13H28N2O. The fraction of sp³-hybridized carbons (Fsp3) is 1.00. The van der Waals surface area contributed by atoms with E-state index in [-0.39, 0.29) is 0 Å². The summed E-state index contributed by atoms with van der Waals surface area (Å²) in [6, 6.07) is 0. The summed E-state index contributed by atoms with van der Waals surface area (Å²) in [7, 11) is 0. The van der Waals surface area contributed by atoms with Crippen LogP contribution in [-0.2, 0) is 0 Å². The Hall–Kier alpha value is -0.120. The Bertz CT molecular complexity index is 183. The fourth-order valence-corrected chi connectivity index (χ4v) is 2.53. The topological polar surface area (TPSA) is 35.5 Å². The van der Waals surface area contributed by atoms with Crippen LogP contribution < -0.4 is 5.32 Å². The van der Waals surface area contributed by atoms with Crippen molar-refractivity contribution in [3.63, 3.8) is 0 Å². The van der Waals surface area contributed by atoms with E-state index in [1.165, 1.54) is 19.3 Å². The average molecular weight is 228 g/mol. The maximum atomic E-state index is 9.89. The molecule has 1 rings (SSSR count). The number of nitrogens with one attached hydrogen (secondary N) is 1. The number of rotatable bonds is 6. The number of nitrogens with zero attached hydrogens (tertiary/aromatic N) is 1. The maximum Gasteiger partial charge on any atom is 0.0718 e. The summed E-state index contributed by atoms with van der Waals surface area (Å²) in [5.41, 5.74) is -0.567. The highest BCUT2D eigenvalue weighted by Crippen LogP contribution is 2.15. The van der Waals surface area contributed by atoms with Crippen molar-refractivity contribution in [1.82, 2.24) is 10.2 Å². The molecule has 2 N–H and O–H groups in total. The van der Waals surface area contributed by atoms with Crippen LogP contribution in [0.25, 0.3) is 0 Å². The lowest BCUT2D eigenvalue weighted by molar-refractivity contribution is 0.0293. The van der Waals surface area contributed by atoms with Gasteiger partial charge >= 0.3 is 0 Å². The molecule has 3 nitrogen and oxygen atoms in total. The monoisotopic (exact) mass is 228 g/mol. The SMILES string of the molecule is CCCN(CC1CCNCC1)CC(C)(C)O. The third kappa shape index (κ3) is 5.83. The predicted molar refractivity (Wildman–Crippen MR) is 68.6 cm³/mol. The standard InChI is InChI=1S/C13H28N2O/c1-4-9-15(11-13(2,3)16)10-12-5-7-14-8-6-12/h12,14,16H,4-11H2,1-3H3. The van der Waals surface area contributed by atoms with Crippen LogP contribution in [-0.4, -0.2) is 48.3 Å². The smallest absolute Gasteiger partial charge is 0.0718 e. The Morgan fingerprint density at radius 2 is 1.94 bits per heavy atom. The maximum absolute atomic E-state index is 9.89. The van der Waals surface area contributed by atoms with Crippen molar-refractivity contribution in [3.8, 4) is 0 Å². The van der Waals surface area contributed by atoms with Gasteiger partial charge in [-0.05, 0) is 58.7 Å². The number of piperidine rings is 1. The molecule has 0 spiro atoms. The first-order valence-corrected chi connectivity index (χ1v) is 6.66. The van der Waals surface area contributed by atoms with Gasteiger partial charge in [0.15, 0.2) is 0 Å². The Labute approximate surface area is 100 Å². The molecule has 3 heteroatoms. The summed E-state index contributed by atoms with van der Waals surface area (Å²) in [5, 5.41) is 13.3. The van der Waals surface area contributed by atoms with Crippen molar-refractivity contribution in [2.24, 2.45) is 5.92 Å². The van der Waals surface area contributed by atoms with E-state index in [4.69, 9.17) is 0 Å². The van der Waals surface area contributed by atoms with E-state index in [0.29, 0.717) is 0 Å². The molecule has 16 heavy (non-hydrogen) atoms. The Morgan fingerprint density at radius 1 is 1.31 bits per heavy atom. The summed E-state index contributed by atoms with van der Waals surface area (Å²) in [6.07, 6.45) is 3.74. The molecule has 0 aromatic carbocycles. The van der Waals surface area contributed by atoms with Gasteiger partial charge < -0.3 is 15.3 Å². The van der Waals surface area contributed by atoms with Gasteiger partial charge in [0.25, 0.3) is 0 Å². The molecular weight excluding hydrogens is 200 g/mol. The summed E-state index contributed by atoms with van der Waals surface area (Å²) in [6.45, 7) is 11.4. The van der Waals surface area contributed by atoms with Crippen LogP contribution >= 0.6 is 0 Å². The highest BCUT2D eigenvalue weighted by atomic mass is 16.3. The minimum atomic E-state index is -0.567. The number of hydrogen-bond donors (Lipinski definition) is 2. The van der Waals surface area contributed by atoms with Gasteiger partial charge in [0, 0.05) is 13.1 Å². The Balaban J connectivity index is 2.36. The molecule has 0 bridgehead atoms. The molecule has 0 atom stereocenters. The highest BCUT2D eigenvalue weighted by Gasteiger charge is 2.21. The molecule has 1 aliphatic heterocycles. The molecule has 0 amide bonds. The summed E-state index contributed by atoms with van der Waals surface area (Å²) in [5.74, 6) is 0.815. The third-order valence-corrected chi connectivity index (χ3v) is 3.13. The normalized spacial score (nSPS) is 19.3. The van der Waals surface area contributed by atoms with Crippen LogP contribution in [0, 0.1) is 5.92 Å². The van der Waals surface area contributed by atoms with Gasteiger partial charge in [-0.15, -0.1) is 0 Å². The largest absolute Gasteiger partial charge is 0.389 e. The second-order valence-electron chi connectivity index (χ2n) is 5.74. The molecule has 0 aromatic rings.